The lowest BCUT2D eigenvalue weighted by Gasteiger charge is -2.37. The van der Waals surface area contributed by atoms with Crippen LogP contribution in [0.3, 0.4) is 0 Å². The molecule has 1 saturated heterocycles. The van der Waals surface area contributed by atoms with Gasteiger partial charge in [0.15, 0.2) is 0 Å². The van der Waals surface area contributed by atoms with E-state index in [0.717, 1.165) is 42.6 Å². The smallest absolute Gasteiger partial charge is 0.123 e. The van der Waals surface area contributed by atoms with Crippen molar-refractivity contribution in [3.63, 3.8) is 0 Å². The second-order valence-electron chi connectivity index (χ2n) is 8.12. The molecule has 0 spiro atoms. The monoisotopic (exact) mass is 389 g/mol. The molecule has 4 rings (SSSR count). The first-order chi connectivity index (χ1) is 14.0. The molecule has 0 saturated carbocycles. The van der Waals surface area contributed by atoms with Crippen LogP contribution in [-0.4, -0.2) is 23.1 Å². The quantitative estimate of drug-likeness (QED) is 0.554. The van der Waals surface area contributed by atoms with Crippen LogP contribution in [0.1, 0.15) is 48.4 Å². The minimum absolute atomic E-state index is 0.202. The Bertz CT molecular complexity index is 974. The predicted molar refractivity (Wildman–Crippen MR) is 117 cm³/mol. The van der Waals surface area contributed by atoms with Gasteiger partial charge >= 0.3 is 0 Å². The van der Waals surface area contributed by atoms with E-state index in [1.54, 1.807) is 6.07 Å². The lowest BCUT2D eigenvalue weighted by molar-refractivity contribution is 0.160. The van der Waals surface area contributed by atoms with Gasteiger partial charge in [-0.25, -0.2) is 4.39 Å². The van der Waals surface area contributed by atoms with Crippen LogP contribution in [-0.2, 0) is 0 Å². The molecule has 0 aliphatic carbocycles. The van der Waals surface area contributed by atoms with Crippen molar-refractivity contribution >= 4 is 0 Å². The van der Waals surface area contributed by atoms with Gasteiger partial charge in [0.25, 0.3) is 0 Å². The number of likely N-dealkylation sites (tertiary alicyclic amines) is 1. The minimum atomic E-state index is -0.202. The molecule has 3 heteroatoms. The van der Waals surface area contributed by atoms with Crippen molar-refractivity contribution < 1.29 is 9.50 Å². The number of nitrogens with zero attached hydrogens (tertiary/aromatic N) is 1. The maximum absolute atomic E-state index is 13.2. The lowest BCUT2D eigenvalue weighted by atomic mass is 9.85. The highest BCUT2D eigenvalue weighted by molar-refractivity contribution is 5.65. The zero-order chi connectivity index (χ0) is 20.4. The van der Waals surface area contributed by atoms with Crippen molar-refractivity contribution in [3.8, 4) is 16.9 Å². The summed E-state index contributed by atoms with van der Waals surface area (Å²) in [4.78, 5) is 2.47. The van der Waals surface area contributed by atoms with Crippen molar-refractivity contribution in [1.29, 1.82) is 0 Å². The Morgan fingerprint density at radius 2 is 1.59 bits per heavy atom. The van der Waals surface area contributed by atoms with E-state index in [0.29, 0.717) is 11.7 Å². The molecule has 1 aliphatic heterocycles. The third kappa shape index (κ3) is 4.20. The summed E-state index contributed by atoms with van der Waals surface area (Å²) in [6, 6.07) is 21.2. The van der Waals surface area contributed by atoms with Crippen LogP contribution < -0.4 is 0 Å². The second kappa shape index (κ2) is 8.38. The average Bonchev–Trinajstić information content (AvgIpc) is 2.74. The van der Waals surface area contributed by atoms with Gasteiger partial charge in [0.1, 0.15) is 11.6 Å². The molecule has 1 heterocycles. The van der Waals surface area contributed by atoms with Gasteiger partial charge in [0.05, 0.1) is 0 Å². The van der Waals surface area contributed by atoms with Gasteiger partial charge < -0.3 is 5.11 Å². The Labute approximate surface area is 172 Å². The van der Waals surface area contributed by atoms with Crippen LogP contribution in [0.4, 0.5) is 4.39 Å². The molecule has 29 heavy (non-hydrogen) atoms. The van der Waals surface area contributed by atoms with Crippen molar-refractivity contribution in [3.05, 3.63) is 89.2 Å². The van der Waals surface area contributed by atoms with Crippen LogP contribution in [0.5, 0.6) is 5.75 Å². The van der Waals surface area contributed by atoms with Gasteiger partial charge in [-0.3, -0.25) is 4.90 Å². The Morgan fingerprint density at radius 1 is 0.931 bits per heavy atom. The van der Waals surface area contributed by atoms with Crippen molar-refractivity contribution in [2.75, 3.05) is 13.1 Å². The number of phenols is 1. The first kappa shape index (κ1) is 19.7. The van der Waals surface area contributed by atoms with E-state index in [9.17, 15) is 9.50 Å². The topological polar surface area (TPSA) is 23.5 Å². The number of rotatable bonds is 4. The summed E-state index contributed by atoms with van der Waals surface area (Å²) >= 11 is 0. The summed E-state index contributed by atoms with van der Waals surface area (Å²) in [6.45, 7) is 6.41. The van der Waals surface area contributed by atoms with Crippen LogP contribution in [0.15, 0.2) is 66.7 Å². The van der Waals surface area contributed by atoms with E-state index in [1.165, 1.54) is 23.3 Å². The van der Waals surface area contributed by atoms with Crippen molar-refractivity contribution in [2.24, 2.45) is 0 Å². The molecule has 0 amide bonds. The van der Waals surface area contributed by atoms with E-state index >= 15 is 0 Å². The average molecular weight is 390 g/mol. The molecule has 1 unspecified atom stereocenters. The maximum Gasteiger partial charge on any atom is 0.123 e. The molecule has 0 bridgehead atoms. The largest absolute Gasteiger partial charge is 0.508 e. The van der Waals surface area contributed by atoms with Crippen LogP contribution >= 0.6 is 0 Å². The molecule has 3 aromatic rings. The number of aryl methyl sites for hydroxylation is 1. The molecule has 1 atom stereocenters. The zero-order valence-corrected chi connectivity index (χ0v) is 17.1. The van der Waals surface area contributed by atoms with Gasteiger partial charge in [0, 0.05) is 11.6 Å². The molecule has 1 N–H and O–H groups in total. The highest BCUT2D eigenvalue weighted by Gasteiger charge is 2.26. The van der Waals surface area contributed by atoms with E-state index in [4.69, 9.17) is 0 Å². The maximum atomic E-state index is 13.2. The highest BCUT2D eigenvalue weighted by Crippen LogP contribution is 2.36. The summed E-state index contributed by atoms with van der Waals surface area (Å²) in [5, 5.41) is 10.2. The number of benzene rings is 3. The van der Waals surface area contributed by atoms with Crippen LogP contribution in [0.2, 0.25) is 0 Å². The number of piperidine rings is 1. The van der Waals surface area contributed by atoms with Crippen molar-refractivity contribution in [2.45, 2.75) is 38.6 Å². The number of halogens is 1. The van der Waals surface area contributed by atoms with Crippen LogP contribution in [0, 0.1) is 12.7 Å². The fourth-order valence-corrected chi connectivity index (χ4v) is 4.59. The Morgan fingerprint density at radius 3 is 2.24 bits per heavy atom. The summed E-state index contributed by atoms with van der Waals surface area (Å²) < 4.78 is 13.2. The van der Waals surface area contributed by atoms with Gasteiger partial charge in [-0.05, 0) is 86.1 Å². The first-order valence-corrected chi connectivity index (χ1v) is 10.4. The first-order valence-electron chi connectivity index (χ1n) is 10.4. The molecule has 0 aromatic heterocycles. The van der Waals surface area contributed by atoms with E-state index in [1.807, 2.05) is 30.3 Å². The van der Waals surface area contributed by atoms with Gasteiger partial charge in [-0.15, -0.1) is 0 Å². The Hall–Kier alpha value is -2.65. The fraction of sp³-hybridized carbons (Fsp3) is 0.308. The molecular formula is C26H28FNO. The number of hydrogen-bond acceptors (Lipinski definition) is 2. The lowest BCUT2D eigenvalue weighted by Crippen LogP contribution is -2.35. The minimum Gasteiger partial charge on any atom is -0.508 e. The zero-order valence-electron chi connectivity index (χ0n) is 17.1. The molecule has 1 aliphatic rings. The molecule has 150 valence electrons. The van der Waals surface area contributed by atoms with Gasteiger partial charge in [0.2, 0.25) is 0 Å². The summed E-state index contributed by atoms with van der Waals surface area (Å²) in [7, 11) is 0. The normalized spacial score (nSPS) is 16.7. The molecule has 0 radical (unpaired) electrons. The summed E-state index contributed by atoms with van der Waals surface area (Å²) in [5.41, 5.74) is 5.92. The van der Waals surface area contributed by atoms with Gasteiger partial charge in [-0.2, -0.15) is 0 Å². The fourth-order valence-electron chi connectivity index (χ4n) is 4.59. The van der Waals surface area contributed by atoms with E-state index in [2.05, 4.69) is 36.9 Å². The van der Waals surface area contributed by atoms with Gasteiger partial charge in [-0.1, -0.05) is 48.5 Å². The third-order valence-corrected chi connectivity index (χ3v) is 6.35. The number of hydrogen-bond donors (Lipinski definition) is 1. The number of para-hydroxylation sites is 1. The molecular weight excluding hydrogens is 361 g/mol. The highest BCUT2D eigenvalue weighted by atomic mass is 19.1. The predicted octanol–water partition coefficient (Wildman–Crippen LogP) is 6.45. The van der Waals surface area contributed by atoms with Crippen molar-refractivity contribution in [1.82, 2.24) is 4.90 Å². The number of phenolic OH excluding ortho intramolecular Hbond substituents is 1. The Balaban J connectivity index is 1.44. The third-order valence-electron chi connectivity index (χ3n) is 6.35. The van der Waals surface area contributed by atoms with E-state index < -0.39 is 0 Å². The molecule has 1 fully saturated rings. The molecule has 2 nitrogen and oxygen atoms in total. The van der Waals surface area contributed by atoms with Crippen LogP contribution in [0.25, 0.3) is 11.1 Å². The van der Waals surface area contributed by atoms with E-state index in [-0.39, 0.29) is 11.9 Å². The SMILES string of the molecule is Cc1cc(-c2ccc(F)cc2)ccc1C1CCN(C(C)c2ccccc2O)CC1. The molecule has 3 aromatic carbocycles. The summed E-state index contributed by atoms with van der Waals surface area (Å²) in [5.74, 6) is 0.742. The Kier molecular flexibility index (Phi) is 5.68. The summed E-state index contributed by atoms with van der Waals surface area (Å²) in [6.07, 6.45) is 2.24. The standard InChI is InChI=1S/C26H28FNO/c1-18-17-22(20-7-10-23(27)11-8-20)9-12-24(18)21-13-15-28(16-14-21)19(2)25-5-3-4-6-26(25)29/h3-12,17,19,21,29H,13-16H2,1-2H3. The number of aromatic hydroxyl groups is 1. The second-order valence-corrected chi connectivity index (χ2v) is 8.12.